The molecule has 1 aliphatic carbocycles. The number of amides is 1. The second-order valence-electron chi connectivity index (χ2n) is 7.81. The van der Waals surface area contributed by atoms with Crippen molar-refractivity contribution in [3.05, 3.63) is 35.4 Å². The van der Waals surface area contributed by atoms with Gasteiger partial charge in [-0.15, -0.1) is 0 Å². The van der Waals surface area contributed by atoms with E-state index >= 15 is 0 Å². The van der Waals surface area contributed by atoms with Crippen molar-refractivity contribution < 1.29 is 9.59 Å². The zero-order valence-electron chi connectivity index (χ0n) is 15.0. The molecule has 0 saturated carbocycles. The maximum absolute atomic E-state index is 13.3. The smallest absolute Gasteiger partial charge is 0.230 e. The summed E-state index contributed by atoms with van der Waals surface area (Å²) in [5.41, 5.74) is 1.70. The molecule has 0 radical (unpaired) electrons. The number of carbonyl (C=O) groups is 2. The van der Waals surface area contributed by atoms with Gasteiger partial charge in [0, 0.05) is 31.1 Å². The van der Waals surface area contributed by atoms with E-state index in [9.17, 15) is 9.59 Å². The van der Waals surface area contributed by atoms with Gasteiger partial charge < -0.3 is 9.80 Å². The molecule has 0 bridgehead atoms. The summed E-state index contributed by atoms with van der Waals surface area (Å²) in [5, 5.41) is 0. The number of carbonyl (C=O) groups excluding carboxylic acids is 2. The number of ketones is 1. The van der Waals surface area contributed by atoms with Crippen LogP contribution in [0.1, 0.15) is 66.8 Å². The molecule has 0 N–H and O–H groups in total. The number of fused-ring (bicyclic) bond motifs is 1. The normalized spacial score (nSPS) is 27.4. The van der Waals surface area contributed by atoms with E-state index in [2.05, 4.69) is 9.80 Å². The fourth-order valence-corrected chi connectivity index (χ4v) is 4.80. The van der Waals surface area contributed by atoms with Gasteiger partial charge in [-0.2, -0.15) is 0 Å². The van der Waals surface area contributed by atoms with Gasteiger partial charge in [0.25, 0.3) is 0 Å². The van der Waals surface area contributed by atoms with Crippen LogP contribution in [0.25, 0.3) is 0 Å². The minimum absolute atomic E-state index is 0.124. The molecule has 4 nitrogen and oxygen atoms in total. The van der Waals surface area contributed by atoms with Gasteiger partial charge in [-0.05, 0) is 50.8 Å². The summed E-state index contributed by atoms with van der Waals surface area (Å²) in [6.45, 7) is 4.20. The average Bonchev–Trinajstić information content (AvgIpc) is 3.00. The van der Waals surface area contributed by atoms with Gasteiger partial charge >= 0.3 is 0 Å². The Kier molecular flexibility index (Phi) is 4.89. The van der Waals surface area contributed by atoms with E-state index in [0.717, 1.165) is 37.1 Å². The summed E-state index contributed by atoms with van der Waals surface area (Å²) >= 11 is 0. The number of hydrogen-bond donors (Lipinski definition) is 0. The fraction of sp³-hybridized carbons (Fsp3) is 0.619. The summed E-state index contributed by atoms with van der Waals surface area (Å²) in [6.07, 6.45) is 7.66. The summed E-state index contributed by atoms with van der Waals surface area (Å²) < 4.78 is 0. The minimum Gasteiger partial charge on any atom is -0.338 e. The first-order chi connectivity index (χ1) is 12.2. The van der Waals surface area contributed by atoms with Gasteiger partial charge in [-0.3, -0.25) is 9.59 Å². The second-order valence-corrected chi connectivity index (χ2v) is 7.81. The molecule has 2 aliphatic heterocycles. The Bertz CT molecular complexity index is 651. The van der Waals surface area contributed by atoms with Crippen LogP contribution in [0.3, 0.4) is 0 Å². The molecule has 2 unspecified atom stereocenters. The molecule has 2 fully saturated rings. The third-order valence-electron chi connectivity index (χ3n) is 6.15. The van der Waals surface area contributed by atoms with Crippen LogP contribution in [0.5, 0.6) is 0 Å². The fourth-order valence-electron chi connectivity index (χ4n) is 4.80. The zero-order valence-corrected chi connectivity index (χ0v) is 15.0. The van der Waals surface area contributed by atoms with Crippen molar-refractivity contribution in [3.63, 3.8) is 0 Å². The molecule has 4 heteroatoms. The van der Waals surface area contributed by atoms with Crippen molar-refractivity contribution in [1.29, 1.82) is 0 Å². The molecule has 2 heterocycles. The van der Waals surface area contributed by atoms with Gasteiger partial charge in [-0.25, -0.2) is 0 Å². The molecule has 1 aromatic carbocycles. The number of benzene rings is 1. The van der Waals surface area contributed by atoms with Crippen molar-refractivity contribution in [1.82, 2.24) is 9.80 Å². The lowest BCUT2D eigenvalue weighted by molar-refractivity contribution is -0.137. The molecule has 25 heavy (non-hydrogen) atoms. The lowest BCUT2D eigenvalue weighted by Crippen LogP contribution is -2.51. The first-order valence-corrected chi connectivity index (χ1v) is 9.89. The Morgan fingerprint density at radius 2 is 1.76 bits per heavy atom. The average molecular weight is 340 g/mol. The summed E-state index contributed by atoms with van der Waals surface area (Å²) in [4.78, 5) is 30.2. The Labute approximate surface area is 150 Å². The van der Waals surface area contributed by atoms with Crippen LogP contribution >= 0.6 is 0 Å². The van der Waals surface area contributed by atoms with Gasteiger partial charge in [0.2, 0.25) is 5.91 Å². The zero-order chi connectivity index (χ0) is 17.2. The monoisotopic (exact) mass is 340 g/mol. The lowest BCUT2D eigenvalue weighted by Gasteiger charge is -2.40. The standard InChI is InChI=1S/C21H28N2O2/c24-20-14-19(17-9-2-3-10-18(17)20)21(25)23-13-7-4-8-16(23)15-22-11-5-1-6-12-22/h2-3,9-10,16,19H,1,4-8,11-15H2. The topological polar surface area (TPSA) is 40.6 Å². The van der Waals surface area contributed by atoms with E-state index in [1.54, 1.807) is 0 Å². The Morgan fingerprint density at radius 3 is 2.60 bits per heavy atom. The molecule has 4 rings (SSSR count). The molecule has 3 aliphatic rings. The quantitative estimate of drug-likeness (QED) is 0.848. The van der Waals surface area contributed by atoms with E-state index in [4.69, 9.17) is 0 Å². The highest BCUT2D eigenvalue weighted by atomic mass is 16.2. The van der Waals surface area contributed by atoms with Crippen LogP contribution in [-0.4, -0.2) is 53.7 Å². The predicted octanol–water partition coefficient (Wildman–Crippen LogP) is 3.22. The molecule has 1 amide bonds. The highest BCUT2D eigenvalue weighted by molar-refractivity contribution is 6.06. The highest BCUT2D eigenvalue weighted by Crippen LogP contribution is 2.35. The molecule has 0 aromatic heterocycles. The number of rotatable bonds is 3. The van der Waals surface area contributed by atoms with E-state index < -0.39 is 0 Å². The molecular weight excluding hydrogens is 312 g/mol. The van der Waals surface area contributed by atoms with Gasteiger partial charge in [0.15, 0.2) is 5.78 Å². The number of hydrogen-bond acceptors (Lipinski definition) is 3. The number of Topliss-reactive ketones (excluding diaryl/α,β-unsaturated/α-hetero) is 1. The number of piperidine rings is 2. The SMILES string of the molecule is O=C1CC(C(=O)N2CCCCC2CN2CCCCC2)c2ccccc21. The Balaban J connectivity index is 1.50. The van der Waals surface area contributed by atoms with E-state index in [-0.39, 0.29) is 17.6 Å². The molecule has 2 saturated heterocycles. The van der Waals surface area contributed by atoms with Gasteiger partial charge in [-0.1, -0.05) is 30.7 Å². The van der Waals surface area contributed by atoms with Crippen molar-refractivity contribution in [2.45, 2.75) is 56.9 Å². The van der Waals surface area contributed by atoms with E-state index in [0.29, 0.717) is 12.5 Å². The predicted molar refractivity (Wildman–Crippen MR) is 97.8 cm³/mol. The summed E-state index contributed by atoms with van der Waals surface area (Å²) in [5.74, 6) is 0.0456. The third-order valence-corrected chi connectivity index (χ3v) is 6.15. The number of likely N-dealkylation sites (tertiary alicyclic amines) is 2. The highest BCUT2D eigenvalue weighted by Gasteiger charge is 2.39. The number of nitrogens with zero attached hydrogens (tertiary/aromatic N) is 2. The maximum atomic E-state index is 13.3. The third kappa shape index (κ3) is 3.37. The van der Waals surface area contributed by atoms with Crippen LogP contribution < -0.4 is 0 Å². The van der Waals surface area contributed by atoms with Crippen LogP contribution in [0, 0.1) is 0 Å². The van der Waals surface area contributed by atoms with Crippen molar-refractivity contribution in [2.75, 3.05) is 26.2 Å². The Morgan fingerprint density at radius 1 is 1.00 bits per heavy atom. The van der Waals surface area contributed by atoms with E-state index in [1.165, 1.54) is 38.8 Å². The summed E-state index contributed by atoms with van der Waals surface area (Å²) in [7, 11) is 0. The van der Waals surface area contributed by atoms with Gasteiger partial charge in [0.05, 0.1) is 5.92 Å². The second kappa shape index (κ2) is 7.28. The van der Waals surface area contributed by atoms with Crippen molar-refractivity contribution >= 4 is 11.7 Å². The minimum atomic E-state index is -0.259. The van der Waals surface area contributed by atoms with Crippen LogP contribution in [-0.2, 0) is 4.79 Å². The maximum Gasteiger partial charge on any atom is 0.230 e. The van der Waals surface area contributed by atoms with Crippen LogP contribution in [0.15, 0.2) is 24.3 Å². The van der Waals surface area contributed by atoms with Crippen molar-refractivity contribution in [2.24, 2.45) is 0 Å². The first kappa shape index (κ1) is 16.8. The molecule has 2 atom stereocenters. The molecule has 0 spiro atoms. The largest absolute Gasteiger partial charge is 0.338 e. The van der Waals surface area contributed by atoms with E-state index in [1.807, 2.05) is 24.3 Å². The molecular formula is C21H28N2O2. The van der Waals surface area contributed by atoms with Crippen LogP contribution in [0.2, 0.25) is 0 Å². The van der Waals surface area contributed by atoms with Gasteiger partial charge in [0.1, 0.15) is 0 Å². The Hall–Kier alpha value is -1.68. The van der Waals surface area contributed by atoms with Crippen molar-refractivity contribution in [3.8, 4) is 0 Å². The summed E-state index contributed by atoms with van der Waals surface area (Å²) in [6, 6.07) is 7.99. The molecule has 134 valence electrons. The van der Waals surface area contributed by atoms with Crippen LogP contribution in [0.4, 0.5) is 0 Å². The lowest BCUT2D eigenvalue weighted by atomic mass is 9.95. The molecule has 1 aromatic rings. The first-order valence-electron chi connectivity index (χ1n) is 9.89.